The van der Waals surface area contributed by atoms with Crippen LogP contribution in [0.3, 0.4) is 0 Å². The smallest absolute Gasteiger partial charge is 0.291 e. The average Bonchev–Trinajstić information content (AvgIpc) is 2.64. The molecule has 0 amide bonds. The first-order chi connectivity index (χ1) is 9.33. The van der Waals surface area contributed by atoms with Crippen LogP contribution in [0.1, 0.15) is 25.5 Å². The molecule has 0 fully saturated rings. The number of rotatable bonds is 3. The second kappa shape index (κ2) is 6.67. The first kappa shape index (κ1) is 16.4. The number of benzene rings is 1. The lowest BCUT2D eigenvalue weighted by molar-refractivity contribution is -0.742. The molecule has 0 aromatic heterocycles. The Kier molecular flexibility index (Phi) is 5.46. The molecule has 8 heteroatoms. The summed E-state index contributed by atoms with van der Waals surface area (Å²) in [4.78, 5) is 11.1. The third-order valence-corrected chi connectivity index (χ3v) is 5.04. The van der Waals surface area contributed by atoms with E-state index in [0.717, 1.165) is 18.7 Å². The molecule has 0 spiro atoms. The quantitative estimate of drug-likeness (QED) is 0.671. The van der Waals surface area contributed by atoms with E-state index >= 15 is 0 Å². The van der Waals surface area contributed by atoms with Gasteiger partial charge in [0.2, 0.25) is 0 Å². The van der Waals surface area contributed by atoms with E-state index in [9.17, 15) is 8.42 Å². The van der Waals surface area contributed by atoms with Crippen molar-refractivity contribution in [3.05, 3.63) is 39.9 Å². The highest BCUT2D eigenvalue weighted by Gasteiger charge is 2.36. The van der Waals surface area contributed by atoms with Crippen LogP contribution in [0.5, 0.6) is 0 Å². The summed E-state index contributed by atoms with van der Waals surface area (Å²) in [6.45, 7) is 5.89. The zero-order valence-electron chi connectivity index (χ0n) is 11.4. The van der Waals surface area contributed by atoms with Crippen LogP contribution in [0.25, 0.3) is 0 Å². The molecule has 1 atom stereocenters. The van der Waals surface area contributed by atoms with Crippen LogP contribution in [0, 0.1) is 10.1 Å². The molecule has 0 saturated heterocycles. The molecule has 112 valence electrons. The van der Waals surface area contributed by atoms with Gasteiger partial charge in [-0.2, -0.15) is 0 Å². The molecule has 1 aromatic carbocycles. The van der Waals surface area contributed by atoms with Crippen LogP contribution >= 0.6 is 0 Å². The summed E-state index contributed by atoms with van der Waals surface area (Å²) >= 11 is 0. The van der Waals surface area contributed by atoms with Gasteiger partial charge in [0.15, 0.2) is 9.84 Å². The number of sulfone groups is 1. The molecule has 1 unspecified atom stereocenters. The Hall–Kier alpha value is -1.67. The Morgan fingerprint density at radius 3 is 2.35 bits per heavy atom. The molecule has 1 aliphatic rings. The molecule has 0 saturated carbocycles. The van der Waals surface area contributed by atoms with Crippen LogP contribution in [0.4, 0.5) is 0 Å². The van der Waals surface area contributed by atoms with Gasteiger partial charge in [-0.15, -0.1) is 10.1 Å². The summed E-state index contributed by atoms with van der Waals surface area (Å²) in [5.74, 6) is 0.230. The number of hydrogen-bond acceptors (Lipinski definition) is 5. The van der Waals surface area contributed by atoms with Crippen LogP contribution in [-0.4, -0.2) is 42.5 Å². The Balaban J connectivity index is 0.000000444. The van der Waals surface area contributed by atoms with Gasteiger partial charge in [0.1, 0.15) is 0 Å². The van der Waals surface area contributed by atoms with Crippen LogP contribution in [0.2, 0.25) is 0 Å². The van der Waals surface area contributed by atoms with E-state index < -0.39 is 14.9 Å². The molecule has 0 aliphatic carbocycles. The van der Waals surface area contributed by atoms with Crippen molar-refractivity contribution in [2.24, 2.45) is 0 Å². The van der Waals surface area contributed by atoms with Crippen molar-refractivity contribution >= 4 is 9.84 Å². The largest absolute Gasteiger partial charge is 0.328 e. The Morgan fingerprint density at radius 2 is 1.85 bits per heavy atom. The third kappa shape index (κ3) is 3.67. The zero-order valence-corrected chi connectivity index (χ0v) is 12.2. The van der Waals surface area contributed by atoms with Gasteiger partial charge in [0.05, 0.1) is 16.7 Å². The molecule has 1 heterocycles. The predicted octanol–water partition coefficient (Wildman–Crippen LogP) is 1.51. The Bertz CT molecular complexity index is 565. The molecular weight excluding hydrogens is 284 g/mol. The lowest BCUT2D eigenvalue weighted by Crippen LogP contribution is -2.29. The maximum absolute atomic E-state index is 12.0. The molecule has 0 radical (unpaired) electrons. The fourth-order valence-corrected chi connectivity index (χ4v) is 4.23. The van der Waals surface area contributed by atoms with E-state index in [2.05, 4.69) is 18.7 Å². The average molecular weight is 302 g/mol. The fourth-order valence-electron chi connectivity index (χ4n) is 2.39. The molecular formula is C12H18N2O5S. The summed E-state index contributed by atoms with van der Waals surface area (Å²) in [5, 5.41) is 13.6. The summed E-state index contributed by atoms with van der Waals surface area (Å²) in [5.41, 5.74) is 0.964. The highest BCUT2D eigenvalue weighted by molar-refractivity contribution is 7.91. The van der Waals surface area contributed by atoms with Gasteiger partial charge in [-0.25, -0.2) is 8.42 Å². The molecule has 1 N–H and O–H groups in total. The van der Waals surface area contributed by atoms with E-state index in [1.807, 2.05) is 12.1 Å². The molecule has 7 nitrogen and oxygen atoms in total. The predicted molar refractivity (Wildman–Crippen MR) is 72.9 cm³/mol. The van der Waals surface area contributed by atoms with Crippen LogP contribution < -0.4 is 0 Å². The molecule has 1 aliphatic heterocycles. The van der Waals surface area contributed by atoms with E-state index in [1.54, 1.807) is 12.1 Å². The Labute approximate surface area is 117 Å². The maximum Gasteiger partial charge on any atom is 0.291 e. The minimum Gasteiger partial charge on any atom is -0.328 e. The fraction of sp³-hybridized carbons (Fsp3) is 0.500. The van der Waals surface area contributed by atoms with Crippen molar-refractivity contribution in [2.45, 2.75) is 24.8 Å². The van der Waals surface area contributed by atoms with Gasteiger partial charge in [0, 0.05) is 0 Å². The highest BCUT2D eigenvalue weighted by Crippen LogP contribution is 2.36. The van der Waals surface area contributed by atoms with Gasteiger partial charge in [0.25, 0.3) is 5.09 Å². The van der Waals surface area contributed by atoms with Crippen molar-refractivity contribution in [3.8, 4) is 0 Å². The first-order valence-corrected chi connectivity index (χ1v) is 7.87. The second-order valence-corrected chi connectivity index (χ2v) is 6.30. The van der Waals surface area contributed by atoms with Gasteiger partial charge >= 0.3 is 0 Å². The topological polar surface area (TPSA) is 101 Å². The summed E-state index contributed by atoms with van der Waals surface area (Å²) in [6, 6.07) is 7.39. The lowest BCUT2D eigenvalue weighted by Gasteiger charge is -2.25. The monoisotopic (exact) mass is 302 g/mol. The SMILES string of the molecule is CCN(CC)C1CS(=O)(=O)c2ccccc21.O=[N+]([O-])O. The van der Waals surface area contributed by atoms with Gasteiger partial charge < -0.3 is 5.21 Å². The van der Waals surface area contributed by atoms with E-state index in [-0.39, 0.29) is 11.8 Å². The van der Waals surface area contributed by atoms with E-state index in [1.165, 1.54) is 0 Å². The van der Waals surface area contributed by atoms with Gasteiger partial charge in [-0.05, 0) is 24.7 Å². The number of fused-ring (bicyclic) bond motifs is 1. The number of hydrogen-bond donors (Lipinski definition) is 1. The standard InChI is InChI=1S/C12H17NO2S.HNO3/c1-3-13(4-2)11-9-16(14,15)12-8-6-5-7-10(11)12;2-1(3)4/h5-8,11H,3-4,9H2,1-2H3;(H,2,3,4). The van der Waals surface area contributed by atoms with Crippen molar-refractivity contribution < 1.29 is 18.7 Å². The normalized spacial score (nSPS) is 19.1. The van der Waals surface area contributed by atoms with Crippen LogP contribution in [0.15, 0.2) is 29.2 Å². The molecule has 1 aromatic rings. The first-order valence-electron chi connectivity index (χ1n) is 6.22. The molecule has 20 heavy (non-hydrogen) atoms. The van der Waals surface area contributed by atoms with Crippen molar-refractivity contribution in [1.82, 2.24) is 4.90 Å². The van der Waals surface area contributed by atoms with E-state index in [4.69, 9.17) is 15.3 Å². The second-order valence-electron chi connectivity index (χ2n) is 4.29. The lowest BCUT2D eigenvalue weighted by atomic mass is 10.1. The summed E-state index contributed by atoms with van der Waals surface area (Å²) in [6.07, 6.45) is 0. The van der Waals surface area contributed by atoms with Crippen molar-refractivity contribution in [1.29, 1.82) is 0 Å². The van der Waals surface area contributed by atoms with Crippen LogP contribution in [-0.2, 0) is 9.84 Å². The third-order valence-electron chi connectivity index (χ3n) is 3.24. The van der Waals surface area contributed by atoms with Crippen molar-refractivity contribution in [2.75, 3.05) is 18.8 Å². The van der Waals surface area contributed by atoms with Gasteiger partial charge in [-0.1, -0.05) is 32.0 Å². The van der Waals surface area contributed by atoms with Crippen molar-refractivity contribution in [3.63, 3.8) is 0 Å². The molecule has 2 rings (SSSR count). The Morgan fingerprint density at radius 1 is 1.35 bits per heavy atom. The maximum atomic E-state index is 12.0. The minimum absolute atomic E-state index is 0.0381. The van der Waals surface area contributed by atoms with E-state index in [0.29, 0.717) is 4.90 Å². The van der Waals surface area contributed by atoms with Gasteiger partial charge in [-0.3, -0.25) is 4.90 Å². The summed E-state index contributed by atoms with van der Waals surface area (Å²) < 4.78 is 23.9. The highest BCUT2D eigenvalue weighted by atomic mass is 32.2. The minimum atomic E-state index is -3.06. The summed E-state index contributed by atoms with van der Waals surface area (Å²) in [7, 11) is -3.06. The number of nitrogens with zero attached hydrogens (tertiary/aromatic N) is 2. The zero-order chi connectivity index (χ0) is 15.3. The molecule has 0 bridgehead atoms.